The number of carbonyl (C=O) groups excluding carboxylic acids is 1. The lowest BCUT2D eigenvalue weighted by molar-refractivity contribution is -0.143. The molecular formula is C21H19FN2O4. The Bertz CT molecular complexity index is 949. The van der Waals surface area contributed by atoms with Crippen molar-refractivity contribution < 1.29 is 23.1 Å². The third-order valence-corrected chi connectivity index (χ3v) is 3.78. The Labute approximate surface area is 161 Å². The summed E-state index contributed by atoms with van der Waals surface area (Å²) in [6.07, 6.45) is 2.24. The highest BCUT2D eigenvalue weighted by atomic mass is 19.1. The number of hydrogen-bond donors (Lipinski definition) is 0. The van der Waals surface area contributed by atoms with Crippen LogP contribution in [0.15, 0.2) is 59.0 Å². The Balaban J connectivity index is 1.58. The van der Waals surface area contributed by atoms with Crippen molar-refractivity contribution in [2.45, 2.75) is 20.0 Å². The van der Waals surface area contributed by atoms with E-state index in [0.717, 1.165) is 11.3 Å². The molecule has 6 nitrogen and oxygen atoms in total. The fraction of sp³-hybridized carbons (Fsp3) is 0.190. The van der Waals surface area contributed by atoms with Crippen LogP contribution in [-0.4, -0.2) is 22.8 Å². The molecule has 0 saturated carbocycles. The minimum atomic E-state index is -0.723. The Morgan fingerprint density at radius 1 is 1.14 bits per heavy atom. The van der Waals surface area contributed by atoms with Crippen molar-refractivity contribution >= 4 is 12.0 Å². The number of esters is 1. The van der Waals surface area contributed by atoms with E-state index < -0.39 is 12.1 Å². The summed E-state index contributed by atoms with van der Waals surface area (Å²) < 4.78 is 29.2. The largest absolute Gasteiger partial charge is 0.494 e. The molecular weight excluding hydrogens is 363 g/mol. The van der Waals surface area contributed by atoms with Crippen molar-refractivity contribution in [3.8, 4) is 17.2 Å². The second-order valence-electron chi connectivity index (χ2n) is 5.87. The maximum Gasteiger partial charge on any atom is 0.331 e. The second kappa shape index (κ2) is 8.94. The van der Waals surface area contributed by atoms with Gasteiger partial charge in [0.05, 0.1) is 6.61 Å². The first-order valence-electron chi connectivity index (χ1n) is 8.76. The average molecular weight is 382 g/mol. The van der Waals surface area contributed by atoms with Crippen molar-refractivity contribution in [1.29, 1.82) is 0 Å². The average Bonchev–Trinajstić information content (AvgIpc) is 3.19. The van der Waals surface area contributed by atoms with Crippen molar-refractivity contribution in [3.05, 3.63) is 71.9 Å². The maximum absolute atomic E-state index is 13.0. The first-order chi connectivity index (χ1) is 13.5. The molecule has 0 fully saturated rings. The van der Waals surface area contributed by atoms with Gasteiger partial charge in [-0.15, -0.1) is 10.2 Å². The number of hydrogen-bond acceptors (Lipinski definition) is 6. The topological polar surface area (TPSA) is 74.5 Å². The van der Waals surface area contributed by atoms with Gasteiger partial charge in [-0.2, -0.15) is 0 Å². The number of nitrogens with zero attached hydrogens (tertiary/aromatic N) is 2. The highest BCUT2D eigenvalue weighted by Gasteiger charge is 2.18. The van der Waals surface area contributed by atoms with Gasteiger partial charge in [0, 0.05) is 11.6 Å². The van der Waals surface area contributed by atoms with Crippen LogP contribution >= 0.6 is 0 Å². The van der Waals surface area contributed by atoms with Gasteiger partial charge in [0.1, 0.15) is 11.6 Å². The van der Waals surface area contributed by atoms with Crippen LogP contribution < -0.4 is 4.74 Å². The zero-order valence-corrected chi connectivity index (χ0v) is 15.5. The van der Waals surface area contributed by atoms with Gasteiger partial charge in [-0.1, -0.05) is 12.1 Å². The predicted molar refractivity (Wildman–Crippen MR) is 101 cm³/mol. The molecule has 0 saturated heterocycles. The van der Waals surface area contributed by atoms with Crippen molar-refractivity contribution in [2.24, 2.45) is 0 Å². The third-order valence-electron chi connectivity index (χ3n) is 3.78. The molecule has 0 bridgehead atoms. The lowest BCUT2D eigenvalue weighted by Crippen LogP contribution is -2.06. The van der Waals surface area contributed by atoms with Gasteiger partial charge < -0.3 is 13.9 Å². The standard InChI is InChI=1S/C21H19FN2O4/c1-3-26-18-11-4-15(5-12-18)6-13-19(25)27-14(2)20-23-24-21(28-20)16-7-9-17(22)10-8-16/h4-14H,3H2,1-2H3/b13-6+/t14-/m0/s1. The lowest BCUT2D eigenvalue weighted by atomic mass is 10.2. The zero-order chi connectivity index (χ0) is 19.9. The number of halogens is 1. The summed E-state index contributed by atoms with van der Waals surface area (Å²) in [5.74, 6) is 0.252. The molecule has 0 aliphatic carbocycles. The number of carbonyl (C=O) groups is 1. The Morgan fingerprint density at radius 3 is 2.54 bits per heavy atom. The zero-order valence-electron chi connectivity index (χ0n) is 15.5. The molecule has 1 heterocycles. The van der Waals surface area contributed by atoms with Gasteiger partial charge in [0.15, 0.2) is 6.10 Å². The molecule has 1 aromatic heterocycles. The Hall–Kier alpha value is -3.48. The molecule has 0 aliphatic heterocycles. The molecule has 28 heavy (non-hydrogen) atoms. The van der Waals surface area contributed by atoms with E-state index in [-0.39, 0.29) is 17.6 Å². The van der Waals surface area contributed by atoms with E-state index in [1.165, 1.54) is 30.3 Å². The summed E-state index contributed by atoms with van der Waals surface area (Å²) in [6.45, 7) is 4.14. The highest BCUT2D eigenvalue weighted by Crippen LogP contribution is 2.22. The molecule has 3 rings (SSSR count). The van der Waals surface area contributed by atoms with Crippen molar-refractivity contribution in [3.63, 3.8) is 0 Å². The van der Waals surface area contributed by atoms with Gasteiger partial charge >= 0.3 is 5.97 Å². The van der Waals surface area contributed by atoms with E-state index in [2.05, 4.69) is 10.2 Å². The van der Waals surface area contributed by atoms with Gasteiger partial charge in [0.25, 0.3) is 5.89 Å². The van der Waals surface area contributed by atoms with Crippen LogP contribution in [0.3, 0.4) is 0 Å². The van der Waals surface area contributed by atoms with E-state index >= 15 is 0 Å². The fourth-order valence-corrected chi connectivity index (χ4v) is 2.38. The van der Waals surface area contributed by atoms with E-state index in [4.69, 9.17) is 13.9 Å². The second-order valence-corrected chi connectivity index (χ2v) is 5.87. The number of ether oxygens (including phenoxy) is 2. The van der Waals surface area contributed by atoms with E-state index in [1.54, 1.807) is 13.0 Å². The van der Waals surface area contributed by atoms with E-state index in [0.29, 0.717) is 12.2 Å². The molecule has 0 aliphatic rings. The van der Waals surface area contributed by atoms with Gasteiger partial charge in [-0.05, 0) is 61.9 Å². The monoisotopic (exact) mass is 382 g/mol. The van der Waals surface area contributed by atoms with Crippen molar-refractivity contribution in [1.82, 2.24) is 10.2 Å². The molecule has 3 aromatic rings. The van der Waals surface area contributed by atoms with Crippen molar-refractivity contribution in [2.75, 3.05) is 6.61 Å². The van der Waals surface area contributed by atoms with Crippen LogP contribution in [0.25, 0.3) is 17.5 Å². The third kappa shape index (κ3) is 5.03. The van der Waals surface area contributed by atoms with Crippen LogP contribution in [0.2, 0.25) is 0 Å². The van der Waals surface area contributed by atoms with Crippen LogP contribution in [0, 0.1) is 5.82 Å². The molecule has 0 amide bonds. The summed E-state index contributed by atoms with van der Waals surface area (Å²) in [5.41, 5.74) is 1.42. The quantitative estimate of drug-likeness (QED) is 0.439. The minimum absolute atomic E-state index is 0.155. The van der Waals surface area contributed by atoms with Crippen LogP contribution in [0.4, 0.5) is 4.39 Å². The lowest BCUT2D eigenvalue weighted by Gasteiger charge is -2.07. The number of benzene rings is 2. The van der Waals surface area contributed by atoms with Gasteiger partial charge in [-0.3, -0.25) is 0 Å². The summed E-state index contributed by atoms with van der Waals surface area (Å²) in [6, 6.07) is 13.0. The molecule has 1 atom stereocenters. The van der Waals surface area contributed by atoms with Crippen LogP contribution in [-0.2, 0) is 9.53 Å². The summed E-state index contributed by atoms with van der Waals surface area (Å²) in [5, 5.41) is 7.79. The normalized spacial score (nSPS) is 12.1. The molecule has 0 unspecified atom stereocenters. The van der Waals surface area contributed by atoms with Gasteiger partial charge in [-0.25, -0.2) is 9.18 Å². The van der Waals surface area contributed by atoms with Gasteiger partial charge in [0.2, 0.25) is 5.89 Å². The van der Waals surface area contributed by atoms with E-state index in [9.17, 15) is 9.18 Å². The summed E-state index contributed by atoms with van der Waals surface area (Å²) in [7, 11) is 0. The highest BCUT2D eigenvalue weighted by molar-refractivity contribution is 5.87. The minimum Gasteiger partial charge on any atom is -0.494 e. The number of rotatable bonds is 7. The number of aromatic nitrogens is 2. The fourth-order valence-electron chi connectivity index (χ4n) is 2.38. The smallest absolute Gasteiger partial charge is 0.331 e. The molecule has 0 spiro atoms. The van der Waals surface area contributed by atoms with E-state index in [1.807, 2.05) is 31.2 Å². The SMILES string of the molecule is CCOc1ccc(/C=C/C(=O)O[C@@H](C)c2nnc(-c3ccc(F)cc3)o2)cc1. The molecule has 144 valence electrons. The molecule has 0 radical (unpaired) electrons. The Morgan fingerprint density at radius 2 is 1.86 bits per heavy atom. The van der Waals surface area contributed by atoms with Crippen LogP contribution in [0.1, 0.15) is 31.4 Å². The maximum atomic E-state index is 13.0. The summed E-state index contributed by atoms with van der Waals surface area (Å²) >= 11 is 0. The summed E-state index contributed by atoms with van der Waals surface area (Å²) in [4.78, 5) is 12.0. The Kier molecular flexibility index (Phi) is 6.16. The first kappa shape index (κ1) is 19.3. The molecule has 2 aromatic carbocycles. The van der Waals surface area contributed by atoms with Crippen LogP contribution in [0.5, 0.6) is 5.75 Å². The molecule has 7 heteroatoms. The molecule has 0 N–H and O–H groups in total. The first-order valence-corrected chi connectivity index (χ1v) is 8.76. The predicted octanol–water partition coefficient (Wildman–Crippen LogP) is 4.59.